The lowest BCUT2D eigenvalue weighted by molar-refractivity contribution is -0.145. The van der Waals surface area contributed by atoms with Gasteiger partial charge in [-0.25, -0.2) is 23.2 Å². The summed E-state index contributed by atoms with van der Waals surface area (Å²) in [7, 11) is -4.08. The van der Waals surface area contributed by atoms with Crippen molar-refractivity contribution in [1.82, 2.24) is 19.2 Å². The normalized spacial score (nSPS) is 17.1. The molecular weight excluding hydrogens is 389 g/mol. The molecule has 1 aromatic rings. The van der Waals surface area contributed by atoms with Crippen molar-refractivity contribution in [2.24, 2.45) is 0 Å². The van der Waals surface area contributed by atoms with Gasteiger partial charge in [-0.3, -0.25) is 0 Å². The number of aromatic nitrogens is 2. The zero-order valence-corrected chi connectivity index (χ0v) is 16.2. The highest BCUT2D eigenvalue weighted by atomic mass is 32.2. The van der Waals surface area contributed by atoms with Gasteiger partial charge in [-0.15, -0.1) is 0 Å². The Morgan fingerprint density at radius 3 is 2.15 bits per heavy atom. The van der Waals surface area contributed by atoms with Crippen LogP contribution in [0.4, 0.5) is 18.0 Å². The Morgan fingerprint density at radius 1 is 1.15 bits per heavy atom. The predicted octanol–water partition coefficient (Wildman–Crippen LogP) is 2.05. The zero-order valence-electron chi connectivity index (χ0n) is 15.4. The predicted molar refractivity (Wildman–Crippen MR) is 88.3 cm³/mol. The van der Waals surface area contributed by atoms with Crippen molar-refractivity contribution >= 4 is 16.1 Å². The fourth-order valence-corrected chi connectivity index (χ4v) is 3.95. The molecule has 2 heterocycles. The SMILES string of the molecule is Cc1nc(C(F)(F)F)ncc1S(=O)(=O)N1CCN(C(=O)OC(C)(C)C)CC1. The first-order valence-corrected chi connectivity index (χ1v) is 9.55. The summed E-state index contributed by atoms with van der Waals surface area (Å²) in [4.78, 5) is 19.4. The molecule has 8 nitrogen and oxygen atoms in total. The Hall–Kier alpha value is -1.95. The number of halogens is 3. The van der Waals surface area contributed by atoms with E-state index in [1.54, 1.807) is 20.8 Å². The van der Waals surface area contributed by atoms with Crippen molar-refractivity contribution in [3.63, 3.8) is 0 Å². The van der Waals surface area contributed by atoms with Gasteiger partial charge >= 0.3 is 12.3 Å². The van der Waals surface area contributed by atoms with Gasteiger partial charge in [-0.1, -0.05) is 0 Å². The summed E-state index contributed by atoms with van der Waals surface area (Å²) in [6, 6.07) is 0. The molecule has 2 rings (SSSR count). The van der Waals surface area contributed by atoms with Gasteiger partial charge in [0.2, 0.25) is 15.8 Å². The highest BCUT2D eigenvalue weighted by molar-refractivity contribution is 7.89. The second-order valence-electron chi connectivity index (χ2n) is 7.01. The van der Waals surface area contributed by atoms with Gasteiger partial charge in [0.25, 0.3) is 0 Å². The summed E-state index contributed by atoms with van der Waals surface area (Å²) in [5.41, 5.74) is -0.957. The number of piperazine rings is 1. The van der Waals surface area contributed by atoms with Crippen LogP contribution in [0.2, 0.25) is 0 Å². The van der Waals surface area contributed by atoms with Gasteiger partial charge in [-0.2, -0.15) is 17.5 Å². The van der Waals surface area contributed by atoms with Gasteiger partial charge in [0, 0.05) is 26.2 Å². The van der Waals surface area contributed by atoms with E-state index >= 15 is 0 Å². The van der Waals surface area contributed by atoms with Crippen LogP contribution in [0.1, 0.15) is 32.3 Å². The molecule has 1 aliphatic heterocycles. The minimum absolute atomic E-state index is 0.0119. The maximum absolute atomic E-state index is 12.7. The molecule has 27 heavy (non-hydrogen) atoms. The number of ether oxygens (including phenoxy) is 1. The average molecular weight is 410 g/mol. The van der Waals surface area contributed by atoms with Crippen molar-refractivity contribution in [2.75, 3.05) is 26.2 Å². The summed E-state index contributed by atoms with van der Waals surface area (Å²) in [6.45, 7) is 6.53. The topological polar surface area (TPSA) is 92.7 Å². The number of amides is 1. The van der Waals surface area contributed by atoms with E-state index in [9.17, 15) is 26.4 Å². The molecule has 0 aliphatic carbocycles. The minimum atomic E-state index is -4.76. The van der Waals surface area contributed by atoms with Crippen LogP contribution in [0.5, 0.6) is 0 Å². The first-order valence-electron chi connectivity index (χ1n) is 8.11. The third-order valence-electron chi connectivity index (χ3n) is 3.70. The second kappa shape index (κ2) is 7.23. The molecule has 1 aromatic heterocycles. The Morgan fingerprint density at radius 2 is 1.70 bits per heavy atom. The zero-order chi connectivity index (χ0) is 20.6. The summed E-state index contributed by atoms with van der Waals surface area (Å²) < 4.78 is 69.7. The van der Waals surface area contributed by atoms with E-state index < -0.39 is 33.7 Å². The fourth-order valence-electron chi connectivity index (χ4n) is 2.42. The van der Waals surface area contributed by atoms with Crippen molar-refractivity contribution < 1.29 is 31.1 Å². The first-order chi connectivity index (χ1) is 12.2. The van der Waals surface area contributed by atoms with E-state index in [0.717, 1.165) is 4.31 Å². The van der Waals surface area contributed by atoms with E-state index in [1.165, 1.54) is 11.8 Å². The molecule has 0 radical (unpaired) electrons. The number of hydrogen-bond acceptors (Lipinski definition) is 6. The summed E-state index contributed by atoms with van der Waals surface area (Å²) in [6.07, 6.45) is -4.64. The quantitative estimate of drug-likeness (QED) is 0.741. The molecule has 0 spiro atoms. The maximum Gasteiger partial charge on any atom is 0.451 e. The molecule has 0 bridgehead atoms. The van der Waals surface area contributed by atoms with Crippen molar-refractivity contribution in [2.45, 2.75) is 44.4 Å². The molecule has 0 aromatic carbocycles. The van der Waals surface area contributed by atoms with Gasteiger partial charge < -0.3 is 9.64 Å². The van der Waals surface area contributed by atoms with E-state index in [4.69, 9.17) is 4.74 Å². The molecule has 0 saturated carbocycles. The first kappa shape index (κ1) is 21.4. The standard InChI is InChI=1S/C15H21F3N4O4S/c1-10-11(9-19-12(20-10)15(16,17)18)27(24,25)22-7-5-21(6-8-22)13(23)26-14(2,3)4/h9H,5-8H2,1-4H3. The summed E-state index contributed by atoms with van der Waals surface area (Å²) >= 11 is 0. The molecule has 1 fully saturated rings. The lowest BCUT2D eigenvalue weighted by atomic mass is 10.2. The summed E-state index contributed by atoms with van der Waals surface area (Å²) in [5, 5.41) is 0. The maximum atomic E-state index is 12.7. The van der Waals surface area contributed by atoms with Crippen LogP contribution in [0, 0.1) is 6.92 Å². The second-order valence-corrected chi connectivity index (χ2v) is 8.92. The van der Waals surface area contributed by atoms with Gasteiger partial charge in [0.1, 0.15) is 10.5 Å². The number of hydrogen-bond donors (Lipinski definition) is 0. The molecule has 1 saturated heterocycles. The Kier molecular flexibility index (Phi) is 5.71. The molecule has 0 N–H and O–H groups in total. The van der Waals surface area contributed by atoms with Crippen LogP contribution in [0.15, 0.2) is 11.1 Å². The molecular formula is C15H21F3N4O4S. The molecule has 0 atom stereocenters. The van der Waals surface area contributed by atoms with Crippen molar-refractivity contribution in [3.8, 4) is 0 Å². The van der Waals surface area contributed by atoms with E-state index in [0.29, 0.717) is 6.20 Å². The van der Waals surface area contributed by atoms with Crippen LogP contribution in [0.3, 0.4) is 0 Å². The van der Waals surface area contributed by atoms with Gasteiger partial charge in [0.15, 0.2) is 0 Å². The third kappa shape index (κ3) is 5.06. The van der Waals surface area contributed by atoms with E-state index in [-0.39, 0.29) is 36.8 Å². The largest absolute Gasteiger partial charge is 0.451 e. The van der Waals surface area contributed by atoms with Crippen LogP contribution in [0.25, 0.3) is 0 Å². The number of alkyl halides is 3. The number of carbonyl (C=O) groups is 1. The smallest absolute Gasteiger partial charge is 0.444 e. The molecule has 12 heteroatoms. The van der Waals surface area contributed by atoms with Crippen LogP contribution in [-0.4, -0.2) is 65.5 Å². The van der Waals surface area contributed by atoms with Crippen molar-refractivity contribution in [1.29, 1.82) is 0 Å². The van der Waals surface area contributed by atoms with E-state index in [1.807, 2.05) is 0 Å². The molecule has 152 valence electrons. The van der Waals surface area contributed by atoms with Crippen LogP contribution >= 0.6 is 0 Å². The fraction of sp³-hybridized carbons (Fsp3) is 0.667. The van der Waals surface area contributed by atoms with Gasteiger partial charge in [0.05, 0.1) is 11.9 Å². The van der Waals surface area contributed by atoms with E-state index in [2.05, 4.69) is 9.97 Å². The lowest BCUT2D eigenvalue weighted by Crippen LogP contribution is -2.51. The Labute approximate surface area is 155 Å². The number of aryl methyl sites for hydroxylation is 1. The number of nitrogens with zero attached hydrogens (tertiary/aromatic N) is 4. The third-order valence-corrected chi connectivity index (χ3v) is 5.70. The minimum Gasteiger partial charge on any atom is -0.444 e. The highest BCUT2D eigenvalue weighted by Crippen LogP contribution is 2.28. The van der Waals surface area contributed by atoms with Crippen molar-refractivity contribution in [3.05, 3.63) is 17.7 Å². The Balaban J connectivity index is 2.12. The van der Waals surface area contributed by atoms with Gasteiger partial charge in [-0.05, 0) is 27.7 Å². The average Bonchev–Trinajstić information content (AvgIpc) is 2.52. The molecule has 0 unspecified atom stereocenters. The van der Waals surface area contributed by atoms with Crippen LogP contribution in [-0.2, 0) is 20.9 Å². The summed E-state index contributed by atoms with van der Waals surface area (Å²) in [5.74, 6) is -1.39. The number of carbonyl (C=O) groups excluding carboxylic acids is 1. The molecule has 1 aliphatic rings. The molecule has 1 amide bonds. The highest BCUT2D eigenvalue weighted by Gasteiger charge is 2.37. The lowest BCUT2D eigenvalue weighted by Gasteiger charge is -2.35. The van der Waals surface area contributed by atoms with Crippen LogP contribution < -0.4 is 0 Å². The monoisotopic (exact) mass is 410 g/mol. The Bertz CT molecular complexity index is 813. The number of sulfonamides is 1. The number of rotatable bonds is 2.